The SMILES string of the molecule is CCCn1cc(S(=O)(=O)NCc2ccn[nH]2)nc1C. The number of hydrogen-bond donors (Lipinski definition) is 2. The van der Waals surface area contributed by atoms with E-state index in [-0.39, 0.29) is 11.6 Å². The summed E-state index contributed by atoms with van der Waals surface area (Å²) in [7, 11) is -3.59. The molecule has 104 valence electrons. The van der Waals surface area contributed by atoms with E-state index in [1.165, 1.54) is 0 Å². The van der Waals surface area contributed by atoms with E-state index < -0.39 is 10.0 Å². The van der Waals surface area contributed by atoms with Crippen LogP contribution in [0.25, 0.3) is 0 Å². The predicted octanol–water partition coefficient (Wildman–Crippen LogP) is 0.803. The van der Waals surface area contributed by atoms with Gasteiger partial charge in [-0.1, -0.05) is 6.92 Å². The van der Waals surface area contributed by atoms with Gasteiger partial charge in [-0.25, -0.2) is 18.1 Å². The molecule has 2 aromatic heterocycles. The molecule has 0 saturated carbocycles. The van der Waals surface area contributed by atoms with Gasteiger partial charge >= 0.3 is 0 Å². The van der Waals surface area contributed by atoms with Crippen molar-refractivity contribution in [2.24, 2.45) is 0 Å². The first kappa shape index (κ1) is 13.8. The van der Waals surface area contributed by atoms with Gasteiger partial charge in [-0.15, -0.1) is 0 Å². The second kappa shape index (κ2) is 5.54. The standard InChI is InChI=1S/C11H17N5O2S/c1-3-6-16-8-11(14-9(16)2)19(17,18)13-7-10-4-5-12-15-10/h4-5,8,13H,3,6-7H2,1-2H3,(H,12,15). The summed E-state index contributed by atoms with van der Waals surface area (Å²) in [5.41, 5.74) is 0.702. The molecule has 8 heteroatoms. The van der Waals surface area contributed by atoms with E-state index in [9.17, 15) is 8.42 Å². The van der Waals surface area contributed by atoms with Crippen LogP contribution in [0.1, 0.15) is 24.9 Å². The maximum absolute atomic E-state index is 12.1. The fourth-order valence-electron chi connectivity index (χ4n) is 1.71. The van der Waals surface area contributed by atoms with Gasteiger partial charge in [0.2, 0.25) is 0 Å². The molecule has 0 unspecified atom stereocenters. The number of aryl methyl sites for hydroxylation is 2. The Labute approximate surface area is 112 Å². The van der Waals surface area contributed by atoms with Gasteiger partial charge in [-0.05, 0) is 19.4 Å². The Morgan fingerprint density at radius 2 is 2.26 bits per heavy atom. The van der Waals surface area contributed by atoms with E-state index in [0.29, 0.717) is 11.5 Å². The lowest BCUT2D eigenvalue weighted by atomic mass is 10.4. The summed E-state index contributed by atoms with van der Waals surface area (Å²) >= 11 is 0. The quantitative estimate of drug-likeness (QED) is 0.820. The summed E-state index contributed by atoms with van der Waals surface area (Å²) in [6.45, 7) is 4.75. The molecule has 0 spiro atoms. The van der Waals surface area contributed by atoms with Gasteiger partial charge in [0, 0.05) is 18.9 Å². The Kier molecular flexibility index (Phi) is 4.01. The Morgan fingerprint density at radius 1 is 1.47 bits per heavy atom. The highest BCUT2D eigenvalue weighted by atomic mass is 32.2. The molecule has 0 atom stereocenters. The zero-order chi connectivity index (χ0) is 13.9. The molecule has 0 aromatic carbocycles. The van der Waals surface area contributed by atoms with Crippen LogP contribution in [0, 0.1) is 6.92 Å². The monoisotopic (exact) mass is 283 g/mol. The largest absolute Gasteiger partial charge is 0.334 e. The van der Waals surface area contributed by atoms with Gasteiger partial charge in [-0.2, -0.15) is 5.10 Å². The first-order valence-corrected chi connectivity index (χ1v) is 7.53. The molecule has 2 N–H and O–H groups in total. The average molecular weight is 283 g/mol. The molecule has 0 amide bonds. The number of rotatable bonds is 6. The summed E-state index contributed by atoms with van der Waals surface area (Å²) in [6, 6.07) is 1.71. The Hall–Kier alpha value is -1.67. The van der Waals surface area contributed by atoms with Crippen LogP contribution in [0.4, 0.5) is 0 Å². The first-order chi connectivity index (χ1) is 9.03. The van der Waals surface area contributed by atoms with E-state index in [0.717, 1.165) is 13.0 Å². The maximum Gasteiger partial charge on any atom is 0.259 e. The topological polar surface area (TPSA) is 92.7 Å². The van der Waals surface area contributed by atoms with Crippen LogP contribution in [0.5, 0.6) is 0 Å². The maximum atomic E-state index is 12.1. The summed E-state index contributed by atoms with van der Waals surface area (Å²) < 4.78 is 28.5. The molecule has 0 aliphatic carbocycles. The molecule has 0 aliphatic heterocycles. The summed E-state index contributed by atoms with van der Waals surface area (Å²) in [5.74, 6) is 0.698. The van der Waals surface area contributed by atoms with Crippen LogP contribution in [0.15, 0.2) is 23.5 Å². The summed E-state index contributed by atoms with van der Waals surface area (Å²) in [4.78, 5) is 4.09. The highest BCUT2D eigenvalue weighted by Gasteiger charge is 2.18. The minimum atomic E-state index is -3.59. The van der Waals surface area contributed by atoms with Crippen molar-refractivity contribution < 1.29 is 8.42 Å². The smallest absolute Gasteiger partial charge is 0.259 e. The lowest BCUT2D eigenvalue weighted by Gasteiger charge is -2.02. The molecular formula is C11H17N5O2S. The molecular weight excluding hydrogens is 266 g/mol. The van der Waals surface area contributed by atoms with Crippen LogP contribution >= 0.6 is 0 Å². The van der Waals surface area contributed by atoms with Crippen molar-refractivity contribution >= 4 is 10.0 Å². The molecule has 19 heavy (non-hydrogen) atoms. The number of sulfonamides is 1. The highest BCUT2D eigenvalue weighted by molar-refractivity contribution is 7.89. The second-order valence-corrected chi connectivity index (χ2v) is 5.94. The number of aromatic amines is 1. The number of hydrogen-bond acceptors (Lipinski definition) is 4. The number of nitrogens with zero attached hydrogens (tertiary/aromatic N) is 3. The normalized spacial score (nSPS) is 11.9. The van der Waals surface area contributed by atoms with E-state index >= 15 is 0 Å². The fourth-order valence-corrected chi connectivity index (χ4v) is 2.72. The van der Waals surface area contributed by atoms with Crippen LogP contribution in [0.2, 0.25) is 0 Å². The zero-order valence-corrected chi connectivity index (χ0v) is 11.7. The van der Waals surface area contributed by atoms with E-state index in [4.69, 9.17) is 0 Å². The second-order valence-electron chi connectivity index (χ2n) is 4.23. The van der Waals surface area contributed by atoms with Crippen molar-refractivity contribution in [2.45, 2.75) is 38.4 Å². The van der Waals surface area contributed by atoms with Gasteiger partial charge in [0.25, 0.3) is 10.0 Å². The van der Waals surface area contributed by atoms with Crippen molar-refractivity contribution in [1.82, 2.24) is 24.5 Å². The third-order valence-electron chi connectivity index (χ3n) is 2.70. The van der Waals surface area contributed by atoms with Crippen molar-refractivity contribution in [3.63, 3.8) is 0 Å². The minimum Gasteiger partial charge on any atom is -0.334 e. The van der Waals surface area contributed by atoms with Gasteiger partial charge in [0.15, 0.2) is 5.03 Å². The van der Waals surface area contributed by atoms with Crippen molar-refractivity contribution in [3.8, 4) is 0 Å². The van der Waals surface area contributed by atoms with Crippen LogP contribution in [0.3, 0.4) is 0 Å². The van der Waals surface area contributed by atoms with Crippen LogP contribution < -0.4 is 4.72 Å². The lowest BCUT2D eigenvalue weighted by Crippen LogP contribution is -2.23. The number of nitrogens with one attached hydrogen (secondary N) is 2. The summed E-state index contributed by atoms with van der Waals surface area (Å²) in [6.07, 6.45) is 4.07. The third-order valence-corrected chi connectivity index (χ3v) is 3.98. The van der Waals surface area contributed by atoms with E-state index in [1.807, 2.05) is 11.5 Å². The number of H-pyrrole nitrogens is 1. The van der Waals surface area contributed by atoms with Crippen molar-refractivity contribution in [3.05, 3.63) is 30.0 Å². The van der Waals surface area contributed by atoms with E-state index in [1.54, 1.807) is 25.4 Å². The molecule has 2 aromatic rings. The van der Waals surface area contributed by atoms with Gasteiger partial charge in [0.05, 0.1) is 12.2 Å². The molecule has 0 fully saturated rings. The zero-order valence-electron chi connectivity index (χ0n) is 10.9. The van der Waals surface area contributed by atoms with Crippen molar-refractivity contribution in [1.29, 1.82) is 0 Å². The van der Waals surface area contributed by atoms with Crippen LogP contribution in [-0.4, -0.2) is 28.2 Å². The summed E-state index contributed by atoms with van der Waals surface area (Å²) in [5, 5.41) is 6.51. The first-order valence-electron chi connectivity index (χ1n) is 6.04. The molecule has 2 heterocycles. The molecule has 0 radical (unpaired) electrons. The molecule has 2 rings (SSSR count). The Bertz CT molecular complexity index is 630. The third kappa shape index (κ3) is 3.21. The lowest BCUT2D eigenvalue weighted by molar-refractivity contribution is 0.576. The Morgan fingerprint density at radius 3 is 2.89 bits per heavy atom. The number of aromatic nitrogens is 4. The fraction of sp³-hybridized carbons (Fsp3) is 0.455. The van der Waals surface area contributed by atoms with Crippen LogP contribution in [-0.2, 0) is 23.1 Å². The van der Waals surface area contributed by atoms with Gasteiger partial charge in [0.1, 0.15) is 5.82 Å². The molecule has 7 nitrogen and oxygen atoms in total. The highest BCUT2D eigenvalue weighted by Crippen LogP contribution is 2.10. The van der Waals surface area contributed by atoms with Gasteiger partial charge < -0.3 is 4.57 Å². The average Bonchev–Trinajstić information content (AvgIpc) is 2.98. The molecule has 0 bridgehead atoms. The minimum absolute atomic E-state index is 0.0537. The molecule has 0 saturated heterocycles. The predicted molar refractivity (Wildman–Crippen MR) is 69.9 cm³/mol. The molecule has 0 aliphatic rings. The van der Waals surface area contributed by atoms with E-state index in [2.05, 4.69) is 19.9 Å². The number of imidazole rings is 1. The Balaban J connectivity index is 2.12. The van der Waals surface area contributed by atoms with Crippen molar-refractivity contribution in [2.75, 3.05) is 0 Å². The van der Waals surface area contributed by atoms with Gasteiger partial charge in [-0.3, -0.25) is 5.10 Å².